The monoisotopic (exact) mass is 275 g/mol. The Balaban J connectivity index is 1.70. The molecule has 0 aliphatic carbocycles. The van der Waals surface area contributed by atoms with E-state index in [0.717, 1.165) is 31.5 Å². The highest BCUT2D eigenvalue weighted by Crippen LogP contribution is 2.20. The molecule has 1 aliphatic rings. The molecule has 1 heterocycles. The summed E-state index contributed by atoms with van der Waals surface area (Å²) in [6.07, 6.45) is 2.19. The lowest BCUT2D eigenvalue weighted by atomic mass is 9.90. The van der Waals surface area contributed by atoms with Gasteiger partial charge in [-0.15, -0.1) is 0 Å². The highest BCUT2D eigenvalue weighted by molar-refractivity contribution is 5.78. The molecule has 0 aromatic heterocycles. The fraction of sp³-hybridized carbons (Fsp3) is 0.562. The molecule has 1 aromatic rings. The number of nitrogens with zero attached hydrogens (tertiary/aromatic N) is 1. The molecule has 0 unspecified atom stereocenters. The van der Waals surface area contributed by atoms with Crippen LogP contribution in [0.3, 0.4) is 0 Å². The van der Waals surface area contributed by atoms with Crippen LogP contribution in [0.1, 0.15) is 25.3 Å². The van der Waals surface area contributed by atoms with E-state index in [1.165, 1.54) is 0 Å². The number of hydrogen-bond acceptors (Lipinski definition) is 3. The van der Waals surface area contributed by atoms with E-state index >= 15 is 0 Å². The maximum atomic E-state index is 11.9. The van der Waals surface area contributed by atoms with E-state index in [-0.39, 0.29) is 11.4 Å². The first-order valence-corrected chi connectivity index (χ1v) is 7.33. The van der Waals surface area contributed by atoms with Gasteiger partial charge in [0.15, 0.2) is 0 Å². The van der Waals surface area contributed by atoms with Crippen LogP contribution in [0.25, 0.3) is 0 Å². The molecule has 4 nitrogen and oxygen atoms in total. The molecule has 2 N–H and O–H groups in total. The van der Waals surface area contributed by atoms with Gasteiger partial charge in [0.05, 0.1) is 6.54 Å². The SMILES string of the molecule is CNC1(C)CCN(CC(=O)NCc2ccccc2)CC1. The van der Waals surface area contributed by atoms with Crippen LogP contribution >= 0.6 is 0 Å². The molecule has 0 saturated carbocycles. The van der Waals surface area contributed by atoms with Crippen LogP contribution in [-0.4, -0.2) is 43.0 Å². The lowest BCUT2D eigenvalue weighted by molar-refractivity contribution is -0.122. The van der Waals surface area contributed by atoms with Crippen molar-refractivity contribution in [3.8, 4) is 0 Å². The lowest BCUT2D eigenvalue weighted by Gasteiger charge is -2.39. The summed E-state index contributed by atoms with van der Waals surface area (Å²) < 4.78 is 0. The summed E-state index contributed by atoms with van der Waals surface area (Å²) in [5.41, 5.74) is 1.37. The molecule has 4 heteroatoms. The van der Waals surface area contributed by atoms with Crippen LogP contribution in [0.2, 0.25) is 0 Å². The normalized spacial score (nSPS) is 18.7. The highest BCUT2D eigenvalue weighted by atomic mass is 16.2. The van der Waals surface area contributed by atoms with Crippen molar-refractivity contribution in [1.29, 1.82) is 0 Å². The fourth-order valence-corrected chi connectivity index (χ4v) is 2.51. The summed E-state index contributed by atoms with van der Waals surface area (Å²) in [6, 6.07) is 10.0. The Morgan fingerprint density at radius 2 is 1.90 bits per heavy atom. The number of rotatable bonds is 5. The Bertz CT molecular complexity index is 425. The largest absolute Gasteiger partial charge is 0.351 e. The molecule has 0 radical (unpaired) electrons. The van der Waals surface area contributed by atoms with Crippen LogP contribution < -0.4 is 10.6 Å². The first-order chi connectivity index (χ1) is 9.61. The molecule has 1 fully saturated rings. The maximum absolute atomic E-state index is 11.9. The smallest absolute Gasteiger partial charge is 0.234 e. The van der Waals surface area contributed by atoms with Crippen LogP contribution in [0, 0.1) is 0 Å². The van der Waals surface area contributed by atoms with E-state index in [1.54, 1.807) is 0 Å². The van der Waals surface area contributed by atoms with Crippen molar-refractivity contribution in [2.24, 2.45) is 0 Å². The molecule has 0 bridgehead atoms. The second kappa shape index (κ2) is 6.86. The fourth-order valence-electron chi connectivity index (χ4n) is 2.51. The summed E-state index contributed by atoms with van der Waals surface area (Å²) in [5.74, 6) is 0.113. The van der Waals surface area contributed by atoms with Crippen molar-refractivity contribution in [1.82, 2.24) is 15.5 Å². The van der Waals surface area contributed by atoms with Crippen LogP contribution in [0.4, 0.5) is 0 Å². The molecule has 0 spiro atoms. The second-order valence-corrected chi connectivity index (χ2v) is 5.85. The van der Waals surface area contributed by atoms with Crippen molar-refractivity contribution in [2.75, 3.05) is 26.7 Å². The predicted molar refractivity (Wildman–Crippen MR) is 81.4 cm³/mol. The van der Waals surface area contributed by atoms with E-state index in [4.69, 9.17) is 0 Å². The average molecular weight is 275 g/mol. The van der Waals surface area contributed by atoms with Gasteiger partial charge in [-0.3, -0.25) is 9.69 Å². The molecule has 1 saturated heterocycles. The van der Waals surface area contributed by atoms with Gasteiger partial charge in [-0.2, -0.15) is 0 Å². The molecule has 1 aromatic carbocycles. The van der Waals surface area contributed by atoms with Gasteiger partial charge in [-0.05, 0) is 32.4 Å². The van der Waals surface area contributed by atoms with Gasteiger partial charge in [-0.1, -0.05) is 30.3 Å². The summed E-state index contributed by atoms with van der Waals surface area (Å²) in [4.78, 5) is 14.2. The number of carbonyl (C=O) groups is 1. The number of piperidine rings is 1. The van der Waals surface area contributed by atoms with Gasteiger partial charge >= 0.3 is 0 Å². The zero-order valence-corrected chi connectivity index (χ0v) is 12.5. The molecule has 20 heavy (non-hydrogen) atoms. The third-order valence-electron chi connectivity index (χ3n) is 4.26. The van der Waals surface area contributed by atoms with E-state index in [1.807, 2.05) is 37.4 Å². The zero-order valence-electron chi connectivity index (χ0n) is 12.5. The predicted octanol–water partition coefficient (Wildman–Crippen LogP) is 1.38. The summed E-state index contributed by atoms with van der Waals surface area (Å²) >= 11 is 0. The number of carbonyl (C=O) groups excluding carboxylic acids is 1. The first kappa shape index (κ1) is 15.0. The number of nitrogens with one attached hydrogen (secondary N) is 2. The third kappa shape index (κ3) is 4.32. The Labute approximate surface area is 121 Å². The Morgan fingerprint density at radius 1 is 1.25 bits per heavy atom. The minimum atomic E-state index is 0.113. The summed E-state index contributed by atoms with van der Waals surface area (Å²) in [7, 11) is 2.02. The molecule has 110 valence electrons. The van der Waals surface area contributed by atoms with Crippen molar-refractivity contribution in [3.63, 3.8) is 0 Å². The zero-order chi connectivity index (χ0) is 14.4. The second-order valence-electron chi connectivity index (χ2n) is 5.85. The molecule has 1 aliphatic heterocycles. The highest BCUT2D eigenvalue weighted by Gasteiger charge is 2.28. The number of benzene rings is 1. The van der Waals surface area contributed by atoms with Gasteiger partial charge in [0.1, 0.15) is 0 Å². The molecule has 2 rings (SSSR count). The van der Waals surface area contributed by atoms with Crippen molar-refractivity contribution in [2.45, 2.75) is 31.8 Å². The van der Waals surface area contributed by atoms with Gasteiger partial charge < -0.3 is 10.6 Å². The minimum absolute atomic E-state index is 0.113. The number of amides is 1. The standard InChI is InChI=1S/C16H25N3O/c1-16(17-2)8-10-19(11-9-16)13-15(20)18-12-14-6-4-3-5-7-14/h3-7,17H,8-13H2,1-2H3,(H,18,20). The van der Waals surface area contributed by atoms with Gasteiger partial charge in [0.25, 0.3) is 0 Å². The number of hydrogen-bond donors (Lipinski definition) is 2. The Hall–Kier alpha value is -1.39. The van der Waals surface area contributed by atoms with Gasteiger partial charge in [0.2, 0.25) is 5.91 Å². The maximum Gasteiger partial charge on any atom is 0.234 e. The topological polar surface area (TPSA) is 44.4 Å². The van der Waals surface area contributed by atoms with Crippen molar-refractivity contribution >= 4 is 5.91 Å². The van der Waals surface area contributed by atoms with Crippen molar-refractivity contribution < 1.29 is 4.79 Å². The van der Waals surface area contributed by atoms with Crippen LogP contribution in [-0.2, 0) is 11.3 Å². The van der Waals surface area contributed by atoms with E-state index in [2.05, 4.69) is 22.5 Å². The lowest BCUT2D eigenvalue weighted by Crippen LogP contribution is -2.51. The third-order valence-corrected chi connectivity index (χ3v) is 4.26. The Morgan fingerprint density at radius 3 is 2.50 bits per heavy atom. The molecule has 0 atom stereocenters. The number of likely N-dealkylation sites (tertiary alicyclic amines) is 1. The Kier molecular flexibility index (Phi) is 5.15. The quantitative estimate of drug-likeness (QED) is 0.853. The van der Waals surface area contributed by atoms with Crippen LogP contribution in [0.15, 0.2) is 30.3 Å². The molecular formula is C16H25N3O. The van der Waals surface area contributed by atoms with Crippen LogP contribution in [0.5, 0.6) is 0 Å². The molecule has 1 amide bonds. The van der Waals surface area contributed by atoms with Crippen molar-refractivity contribution in [3.05, 3.63) is 35.9 Å². The van der Waals surface area contributed by atoms with E-state index in [9.17, 15) is 4.79 Å². The molecular weight excluding hydrogens is 250 g/mol. The average Bonchev–Trinajstić information content (AvgIpc) is 2.49. The first-order valence-electron chi connectivity index (χ1n) is 7.33. The van der Waals surface area contributed by atoms with E-state index < -0.39 is 0 Å². The van der Waals surface area contributed by atoms with Gasteiger partial charge in [0, 0.05) is 25.2 Å². The summed E-state index contributed by atoms with van der Waals surface area (Å²) in [5, 5.41) is 6.36. The van der Waals surface area contributed by atoms with E-state index in [0.29, 0.717) is 13.1 Å². The summed E-state index contributed by atoms with van der Waals surface area (Å²) in [6.45, 7) is 5.33. The minimum Gasteiger partial charge on any atom is -0.351 e. The van der Waals surface area contributed by atoms with Gasteiger partial charge in [-0.25, -0.2) is 0 Å².